The molecule has 1 saturated carbocycles. The van der Waals surface area contributed by atoms with Gasteiger partial charge in [-0.25, -0.2) is 9.78 Å². The van der Waals surface area contributed by atoms with Crippen LogP contribution in [0, 0.1) is 5.92 Å². The maximum atomic E-state index is 11.4. The van der Waals surface area contributed by atoms with Gasteiger partial charge in [-0.3, -0.25) is 0 Å². The molecular formula is C13H18N2O2S. The molecule has 1 aromatic heterocycles. The molecule has 5 heteroatoms. The molecule has 1 aliphatic heterocycles. The van der Waals surface area contributed by atoms with Crippen LogP contribution < -0.4 is 4.90 Å². The van der Waals surface area contributed by atoms with Crippen LogP contribution in [0.1, 0.15) is 42.6 Å². The second-order valence-corrected chi connectivity index (χ2v) is 5.94. The number of methoxy groups -OCH3 is 1. The molecule has 1 aromatic rings. The summed E-state index contributed by atoms with van der Waals surface area (Å²) >= 11 is 1.56. The number of piperidine rings is 1. The molecule has 0 amide bonds. The monoisotopic (exact) mass is 266 g/mol. The summed E-state index contributed by atoms with van der Waals surface area (Å²) in [4.78, 5) is 18.3. The molecule has 4 nitrogen and oxygen atoms in total. The first-order valence-electron chi connectivity index (χ1n) is 6.60. The van der Waals surface area contributed by atoms with Crippen molar-refractivity contribution in [3.8, 4) is 0 Å². The molecule has 1 saturated heterocycles. The minimum absolute atomic E-state index is 0.336. The lowest BCUT2D eigenvalue weighted by atomic mass is 9.92. The van der Waals surface area contributed by atoms with E-state index in [2.05, 4.69) is 9.88 Å². The highest BCUT2D eigenvalue weighted by Gasteiger charge is 2.36. The second-order valence-electron chi connectivity index (χ2n) is 5.10. The smallest absolute Gasteiger partial charge is 0.357 e. The number of hydrogen-bond acceptors (Lipinski definition) is 5. The second kappa shape index (κ2) is 4.88. The lowest BCUT2D eigenvalue weighted by Crippen LogP contribution is -2.42. The van der Waals surface area contributed by atoms with Gasteiger partial charge in [0.15, 0.2) is 10.8 Å². The molecule has 2 heterocycles. The minimum atomic E-state index is -0.336. The highest BCUT2D eigenvalue weighted by atomic mass is 32.1. The molecule has 2 aliphatic rings. The van der Waals surface area contributed by atoms with Crippen LogP contribution in [0.15, 0.2) is 5.38 Å². The Labute approximate surface area is 111 Å². The summed E-state index contributed by atoms with van der Waals surface area (Å²) < 4.78 is 4.71. The van der Waals surface area contributed by atoms with Crippen molar-refractivity contribution in [2.24, 2.45) is 5.92 Å². The summed E-state index contributed by atoms with van der Waals surface area (Å²) in [6.07, 6.45) is 6.57. The Morgan fingerprint density at radius 3 is 3.11 bits per heavy atom. The van der Waals surface area contributed by atoms with E-state index in [9.17, 15) is 4.79 Å². The van der Waals surface area contributed by atoms with Crippen molar-refractivity contribution in [1.29, 1.82) is 0 Å². The molecule has 1 aliphatic carbocycles. The van der Waals surface area contributed by atoms with Crippen molar-refractivity contribution in [2.45, 2.75) is 38.1 Å². The van der Waals surface area contributed by atoms with Gasteiger partial charge in [-0.05, 0) is 31.6 Å². The quantitative estimate of drug-likeness (QED) is 0.772. The van der Waals surface area contributed by atoms with Crippen LogP contribution in [0.5, 0.6) is 0 Å². The van der Waals surface area contributed by atoms with Crippen LogP contribution >= 0.6 is 11.3 Å². The van der Waals surface area contributed by atoms with Crippen molar-refractivity contribution in [3.05, 3.63) is 11.1 Å². The van der Waals surface area contributed by atoms with Gasteiger partial charge in [0.1, 0.15) is 0 Å². The molecule has 98 valence electrons. The fraction of sp³-hybridized carbons (Fsp3) is 0.692. The first kappa shape index (κ1) is 12.0. The van der Waals surface area contributed by atoms with E-state index < -0.39 is 0 Å². The van der Waals surface area contributed by atoms with E-state index in [4.69, 9.17) is 4.74 Å². The van der Waals surface area contributed by atoms with E-state index in [1.807, 2.05) is 0 Å². The largest absolute Gasteiger partial charge is 0.464 e. The third-order valence-corrected chi connectivity index (χ3v) is 5.00. The van der Waals surface area contributed by atoms with E-state index in [-0.39, 0.29) is 5.97 Å². The molecule has 0 bridgehead atoms. The van der Waals surface area contributed by atoms with Gasteiger partial charge in [-0.15, -0.1) is 11.3 Å². The van der Waals surface area contributed by atoms with Gasteiger partial charge in [-0.2, -0.15) is 0 Å². The highest BCUT2D eigenvalue weighted by Crippen LogP contribution is 2.39. The summed E-state index contributed by atoms with van der Waals surface area (Å²) in [7, 11) is 1.40. The van der Waals surface area contributed by atoms with Gasteiger partial charge in [0.25, 0.3) is 0 Å². The van der Waals surface area contributed by atoms with E-state index in [1.54, 1.807) is 16.7 Å². The first-order chi connectivity index (χ1) is 8.79. The number of esters is 1. The third kappa shape index (κ3) is 2.00. The van der Waals surface area contributed by atoms with Gasteiger partial charge in [-0.1, -0.05) is 6.42 Å². The van der Waals surface area contributed by atoms with Gasteiger partial charge >= 0.3 is 5.97 Å². The molecule has 0 spiro atoms. The van der Waals surface area contributed by atoms with Crippen LogP contribution in [0.4, 0.5) is 5.13 Å². The average Bonchev–Trinajstić information content (AvgIpc) is 3.05. The highest BCUT2D eigenvalue weighted by molar-refractivity contribution is 7.13. The number of rotatable bonds is 2. The normalized spacial score (nSPS) is 27.1. The predicted molar refractivity (Wildman–Crippen MR) is 71.2 cm³/mol. The number of thiazole rings is 1. The summed E-state index contributed by atoms with van der Waals surface area (Å²) in [5.41, 5.74) is 0.442. The predicted octanol–water partition coefficient (Wildman–Crippen LogP) is 2.70. The number of carbonyl (C=O) groups excluding carboxylic acids is 1. The molecule has 2 fully saturated rings. The van der Waals surface area contributed by atoms with Crippen molar-refractivity contribution in [2.75, 3.05) is 18.6 Å². The molecule has 0 aromatic carbocycles. The van der Waals surface area contributed by atoms with Crippen molar-refractivity contribution in [3.63, 3.8) is 0 Å². The zero-order valence-corrected chi connectivity index (χ0v) is 11.4. The Kier molecular flexibility index (Phi) is 3.24. The number of aromatic nitrogens is 1. The summed E-state index contributed by atoms with van der Waals surface area (Å²) in [5.74, 6) is 0.502. The Morgan fingerprint density at radius 1 is 1.44 bits per heavy atom. The third-order valence-electron chi connectivity index (χ3n) is 4.13. The molecule has 2 unspecified atom stereocenters. The topological polar surface area (TPSA) is 42.4 Å². The first-order valence-corrected chi connectivity index (χ1v) is 7.48. The Bertz CT molecular complexity index is 446. The van der Waals surface area contributed by atoms with Crippen molar-refractivity contribution < 1.29 is 9.53 Å². The Hall–Kier alpha value is -1.10. The Balaban J connectivity index is 1.81. The minimum Gasteiger partial charge on any atom is -0.464 e. The van der Waals surface area contributed by atoms with Crippen LogP contribution in [-0.2, 0) is 4.74 Å². The lowest BCUT2D eigenvalue weighted by Gasteiger charge is -2.37. The molecule has 0 N–H and O–H groups in total. The number of nitrogens with zero attached hydrogens (tertiary/aromatic N) is 2. The van der Waals surface area contributed by atoms with E-state index in [0.29, 0.717) is 11.7 Å². The van der Waals surface area contributed by atoms with Crippen LogP contribution in [0.3, 0.4) is 0 Å². The van der Waals surface area contributed by atoms with Crippen molar-refractivity contribution in [1.82, 2.24) is 4.98 Å². The fourth-order valence-electron chi connectivity index (χ4n) is 3.29. The zero-order chi connectivity index (χ0) is 12.5. The molecule has 0 radical (unpaired) electrons. The summed E-state index contributed by atoms with van der Waals surface area (Å²) in [6.45, 7) is 1.08. The van der Waals surface area contributed by atoms with Gasteiger partial charge < -0.3 is 9.64 Å². The number of fused-ring (bicyclic) bond motifs is 1. The van der Waals surface area contributed by atoms with Crippen molar-refractivity contribution >= 4 is 22.4 Å². The number of anilines is 1. The van der Waals surface area contributed by atoms with Gasteiger partial charge in [0.2, 0.25) is 0 Å². The van der Waals surface area contributed by atoms with Gasteiger partial charge in [0, 0.05) is 18.0 Å². The number of hydrogen-bond donors (Lipinski definition) is 0. The molecule has 2 atom stereocenters. The van der Waals surface area contributed by atoms with Crippen LogP contribution in [-0.4, -0.2) is 30.6 Å². The maximum Gasteiger partial charge on any atom is 0.357 e. The number of carbonyl (C=O) groups is 1. The molecular weight excluding hydrogens is 248 g/mol. The zero-order valence-electron chi connectivity index (χ0n) is 10.6. The van der Waals surface area contributed by atoms with E-state index in [1.165, 1.54) is 39.2 Å². The molecule has 3 rings (SSSR count). The maximum absolute atomic E-state index is 11.4. The van der Waals surface area contributed by atoms with E-state index in [0.717, 1.165) is 17.6 Å². The average molecular weight is 266 g/mol. The number of ether oxygens (including phenoxy) is 1. The standard InChI is InChI=1S/C13H18N2O2S/c1-17-12(16)10-8-18-13(14-10)15-7-3-5-9-4-2-6-11(9)15/h8-9,11H,2-7H2,1H3. The molecule has 18 heavy (non-hydrogen) atoms. The summed E-state index contributed by atoms with van der Waals surface area (Å²) in [6, 6.07) is 0.649. The van der Waals surface area contributed by atoms with Crippen LogP contribution in [0.25, 0.3) is 0 Å². The SMILES string of the molecule is COC(=O)c1csc(N2CCCC3CCCC32)n1. The lowest BCUT2D eigenvalue weighted by molar-refractivity contribution is 0.0595. The van der Waals surface area contributed by atoms with Crippen LogP contribution in [0.2, 0.25) is 0 Å². The Morgan fingerprint density at radius 2 is 2.28 bits per heavy atom. The fourth-order valence-corrected chi connectivity index (χ4v) is 4.17. The van der Waals surface area contributed by atoms with Gasteiger partial charge in [0.05, 0.1) is 7.11 Å². The summed E-state index contributed by atoms with van der Waals surface area (Å²) in [5, 5.41) is 2.80. The van der Waals surface area contributed by atoms with E-state index >= 15 is 0 Å².